The smallest absolute Gasteiger partial charge is 0.238 e. The largest absolute Gasteiger partial charge is 0.307 e. The highest BCUT2D eigenvalue weighted by Gasteiger charge is 2.25. The van der Waals surface area contributed by atoms with Gasteiger partial charge < -0.3 is 4.57 Å². The minimum Gasteiger partial charge on any atom is -0.307 e. The van der Waals surface area contributed by atoms with Gasteiger partial charge in [0.15, 0.2) is 11.6 Å². The van der Waals surface area contributed by atoms with Gasteiger partial charge >= 0.3 is 0 Å². The van der Waals surface area contributed by atoms with Crippen LogP contribution in [0.5, 0.6) is 0 Å². The van der Waals surface area contributed by atoms with Gasteiger partial charge in [-0.05, 0) is 43.3 Å². The fourth-order valence-corrected chi connectivity index (χ4v) is 6.73. The number of nitriles is 2. The zero-order chi connectivity index (χ0) is 33.5. The number of hydrogen-bond donors (Lipinski definition) is 0. The van der Waals surface area contributed by atoms with E-state index in [9.17, 15) is 10.5 Å². The summed E-state index contributed by atoms with van der Waals surface area (Å²) in [5, 5.41) is 23.2. The molecule has 3 heterocycles. The molecule has 0 aliphatic rings. The second kappa shape index (κ2) is 11.9. The fourth-order valence-electron chi connectivity index (χ4n) is 6.73. The Kier molecular flexibility index (Phi) is 7.14. The van der Waals surface area contributed by atoms with E-state index in [1.165, 1.54) is 0 Å². The summed E-state index contributed by atoms with van der Waals surface area (Å²) < 4.78 is 4.10. The zero-order valence-corrected chi connectivity index (χ0v) is 26.5. The monoisotopic (exact) mass is 629 g/mol. The summed E-state index contributed by atoms with van der Waals surface area (Å²) in [7, 11) is 0. The molecule has 7 heteroatoms. The lowest BCUT2D eigenvalue weighted by Gasteiger charge is -2.12. The van der Waals surface area contributed by atoms with E-state index in [1.807, 2.05) is 109 Å². The van der Waals surface area contributed by atoms with E-state index in [2.05, 4.69) is 41.5 Å². The maximum Gasteiger partial charge on any atom is 0.238 e. The van der Waals surface area contributed by atoms with Crippen LogP contribution in [0.2, 0.25) is 0 Å². The molecule has 3 aromatic heterocycles. The van der Waals surface area contributed by atoms with Crippen LogP contribution in [0.25, 0.3) is 79.3 Å². The number of rotatable bonds is 6. The molecule has 0 saturated carbocycles. The van der Waals surface area contributed by atoms with Crippen molar-refractivity contribution in [3.8, 4) is 46.5 Å². The number of hydrogen-bond acceptors (Lipinski definition) is 5. The SMILES string of the molecule is C=Cc1c(/C=C\C)n(-c2nc(-c3ccccc3)nc(-c3ccccc3)n2)c2ccc3c(c4ccccc4n3-c3c(C#N)cccc3C#N)c12. The van der Waals surface area contributed by atoms with Crippen molar-refractivity contribution in [1.82, 2.24) is 24.1 Å². The number of aromatic nitrogens is 5. The third-order valence-corrected chi connectivity index (χ3v) is 8.76. The fraction of sp³-hybridized carbons (Fsp3) is 0.0238. The van der Waals surface area contributed by atoms with Gasteiger partial charge in [0, 0.05) is 32.8 Å². The van der Waals surface area contributed by atoms with Gasteiger partial charge in [0.1, 0.15) is 12.1 Å². The van der Waals surface area contributed by atoms with Gasteiger partial charge in [-0.25, -0.2) is 4.98 Å². The third kappa shape index (κ3) is 4.61. The Morgan fingerprint density at radius 1 is 0.612 bits per heavy atom. The van der Waals surface area contributed by atoms with Crippen molar-refractivity contribution >= 4 is 44.9 Å². The van der Waals surface area contributed by atoms with Crippen LogP contribution in [0, 0.1) is 22.7 Å². The standard InChI is InChI=1S/C42H27N7/c1-3-14-33-31(4-2)37-36(49(33)42-46-40(27-15-7-5-8-16-27)45-41(47-42)28-17-9-6-10-18-28)24-23-35-38(37)32-21-11-12-22-34(32)48(35)39-29(25-43)19-13-20-30(39)26-44/h3-24H,2H2,1H3/b14-3-. The van der Waals surface area contributed by atoms with Gasteiger partial charge in [-0.2, -0.15) is 20.5 Å². The van der Waals surface area contributed by atoms with Gasteiger partial charge in [0.05, 0.1) is 39.1 Å². The molecule has 0 N–H and O–H groups in total. The van der Waals surface area contributed by atoms with Crippen LogP contribution in [-0.4, -0.2) is 24.1 Å². The molecule has 5 aromatic carbocycles. The lowest BCUT2D eigenvalue weighted by atomic mass is 10.0. The molecular formula is C42H27N7. The molecule has 0 saturated heterocycles. The van der Waals surface area contributed by atoms with Crippen LogP contribution in [0.15, 0.2) is 128 Å². The molecule has 0 fully saturated rings. The second-order valence-corrected chi connectivity index (χ2v) is 11.5. The molecule has 49 heavy (non-hydrogen) atoms. The van der Waals surface area contributed by atoms with Crippen molar-refractivity contribution in [3.05, 3.63) is 150 Å². The molecule has 0 aliphatic heterocycles. The maximum atomic E-state index is 10.2. The van der Waals surface area contributed by atoms with Crippen molar-refractivity contribution in [1.29, 1.82) is 10.5 Å². The van der Waals surface area contributed by atoms with Crippen molar-refractivity contribution < 1.29 is 0 Å². The highest BCUT2D eigenvalue weighted by molar-refractivity contribution is 6.24. The number of fused-ring (bicyclic) bond motifs is 5. The first-order valence-electron chi connectivity index (χ1n) is 15.8. The van der Waals surface area contributed by atoms with Crippen molar-refractivity contribution in [2.24, 2.45) is 0 Å². The molecular weight excluding hydrogens is 603 g/mol. The maximum absolute atomic E-state index is 10.2. The topological polar surface area (TPSA) is 96.1 Å². The molecule has 8 rings (SSSR count). The summed E-state index contributed by atoms with van der Waals surface area (Å²) in [6.45, 7) is 6.26. The number of benzene rings is 5. The van der Waals surface area contributed by atoms with Gasteiger partial charge in [0.2, 0.25) is 5.95 Å². The Labute approximate surface area is 282 Å². The number of allylic oxidation sites excluding steroid dienone is 1. The first kappa shape index (κ1) is 29.3. The summed E-state index contributed by atoms with van der Waals surface area (Å²) in [4.78, 5) is 15.1. The van der Waals surface area contributed by atoms with Gasteiger partial charge in [-0.15, -0.1) is 0 Å². The van der Waals surface area contributed by atoms with Crippen LogP contribution in [-0.2, 0) is 0 Å². The molecule has 230 valence electrons. The summed E-state index contributed by atoms with van der Waals surface area (Å²) in [6, 6.07) is 41.9. The summed E-state index contributed by atoms with van der Waals surface area (Å²) in [6.07, 6.45) is 5.92. The molecule has 7 nitrogen and oxygen atoms in total. The first-order valence-corrected chi connectivity index (χ1v) is 15.8. The average Bonchev–Trinajstić information content (AvgIpc) is 3.67. The Morgan fingerprint density at radius 2 is 1.18 bits per heavy atom. The van der Waals surface area contributed by atoms with Crippen LogP contribution < -0.4 is 0 Å². The van der Waals surface area contributed by atoms with Crippen molar-refractivity contribution in [3.63, 3.8) is 0 Å². The zero-order valence-electron chi connectivity index (χ0n) is 26.5. The quantitative estimate of drug-likeness (QED) is 0.182. The van der Waals surface area contributed by atoms with E-state index in [0.717, 1.165) is 55.1 Å². The van der Waals surface area contributed by atoms with Gasteiger partial charge in [-0.3, -0.25) is 4.57 Å². The third-order valence-electron chi connectivity index (χ3n) is 8.76. The molecule has 0 aliphatic carbocycles. The lowest BCUT2D eigenvalue weighted by Crippen LogP contribution is -2.08. The van der Waals surface area contributed by atoms with Crippen LogP contribution in [0.1, 0.15) is 29.3 Å². The molecule has 0 bridgehead atoms. The van der Waals surface area contributed by atoms with E-state index in [-0.39, 0.29) is 0 Å². The van der Waals surface area contributed by atoms with Crippen molar-refractivity contribution in [2.75, 3.05) is 0 Å². The molecule has 0 spiro atoms. The summed E-state index contributed by atoms with van der Waals surface area (Å²) in [5.74, 6) is 1.60. The predicted molar refractivity (Wildman–Crippen MR) is 196 cm³/mol. The molecule has 8 aromatic rings. The normalized spacial score (nSPS) is 11.3. The van der Waals surface area contributed by atoms with Crippen LogP contribution >= 0.6 is 0 Å². The highest BCUT2D eigenvalue weighted by atomic mass is 15.2. The minimum absolute atomic E-state index is 0.421. The first-order chi connectivity index (χ1) is 24.2. The number of nitrogens with zero attached hydrogens (tertiary/aromatic N) is 7. The van der Waals surface area contributed by atoms with E-state index < -0.39 is 0 Å². The van der Waals surface area contributed by atoms with Crippen LogP contribution in [0.3, 0.4) is 0 Å². The predicted octanol–water partition coefficient (Wildman–Crippen LogP) is 9.67. The summed E-state index contributed by atoms with van der Waals surface area (Å²) in [5.41, 5.74) is 7.59. The molecule has 0 atom stereocenters. The molecule has 0 unspecified atom stereocenters. The summed E-state index contributed by atoms with van der Waals surface area (Å²) >= 11 is 0. The van der Waals surface area contributed by atoms with Gasteiger partial charge in [-0.1, -0.05) is 104 Å². The van der Waals surface area contributed by atoms with E-state index in [4.69, 9.17) is 15.0 Å². The van der Waals surface area contributed by atoms with Crippen LogP contribution in [0.4, 0.5) is 0 Å². The van der Waals surface area contributed by atoms with Crippen molar-refractivity contribution in [2.45, 2.75) is 6.92 Å². The van der Waals surface area contributed by atoms with E-state index in [1.54, 1.807) is 18.2 Å². The molecule has 0 radical (unpaired) electrons. The molecule has 0 amide bonds. The number of para-hydroxylation sites is 2. The Bertz CT molecular complexity index is 2610. The average molecular weight is 630 g/mol. The van der Waals surface area contributed by atoms with E-state index >= 15 is 0 Å². The second-order valence-electron chi connectivity index (χ2n) is 11.5. The Morgan fingerprint density at radius 3 is 1.76 bits per heavy atom. The van der Waals surface area contributed by atoms with E-state index in [0.29, 0.717) is 34.4 Å². The van der Waals surface area contributed by atoms with Gasteiger partial charge in [0.25, 0.3) is 0 Å². The Hall–Kier alpha value is -7.09. The lowest BCUT2D eigenvalue weighted by molar-refractivity contribution is 0.926. The Balaban J connectivity index is 1.53. The highest BCUT2D eigenvalue weighted by Crippen LogP contribution is 2.42. The minimum atomic E-state index is 0.421.